The maximum absolute atomic E-state index is 5.84. The molecular weight excluding hydrogens is 200 g/mol. The van der Waals surface area contributed by atoms with Crippen LogP contribution in [0, 0.1) is 5.92 Å². The van der Waals surface area contributed by atoms with Gasteiger partial charge in [-0.1, -0.05) is 44.9 Å². The van der Waals surface area contributed by atoms with Gasteiger partial charge in [-0.2, -0.15) is 0 Å². The second kappa shape index (κ2) is 6.69. The molecule has 1 aliphatic carbocycles. The van der Waals surface area contributed by atoms with Crippen molar-refractivity contribution in [3.8, 4) is 0 Å². The predicted molar refractivity (Wildman–Crippen MR) is 69.7 cm³/mol. The average Bonchev–Trinajstić information content (AvgIpc) is 2.65. The summed E-state index contributed by atoms with van der Waals surface area (Å²) in [5.74, 6) is 1.07. The normalized spacial score (nSPS) is 18.6. The molecule has 0 aliphatic heterocycles. The van der Waals surface area contributed by atoms with Crippen molar-refractivity contribution in [1.29, 1.82) is 0 Å². The van der Waals surface area contributed by atoms with Crippen LogP contribution < -0.4 is 0 Å². The Morgan fingerprint density at radius 3 is 2.40 bits per heavy atom. The van der Waals surface area contributed by atoms with E-state index in [-0.39, 0.29) is 0 Å². The van der Waals surface area contributed by atoms with Gasteiger partial charge < -0.3 is 4.43 Å². The highest BCUT2D eigenvalue weighted by Crippen LogP contribution is 2.29. The first-order valence-corrected chi connectivity index (χ1v) is 9.89. The van der Waals surface area contributed by atoms with Crippen molar-refractivity contribution in [3.63, 3.8) is 0 Å². The number of hydrogen-bond acceptors (Lipinski definition) is 1. The molecule has 0 unspecified atom stereocenters. The smallest absolute Gasteiger partial charge is 0.186 e. The van der Waals surface area contributed by atoms with E-state index in [1.54, 1.807) is 0 Å². The van der Waals surface area contributed by atoms with Crippen LogP contribution in [0.1, 0.15) is 51.9 Å². The minimum Gasteiger partial charge on any atom is -0.418 e. The van der Waals surface area contributed by atoms with Gasteiger partial charge in [-0.15, -0.1) is 0 Å². The molecule has 0 N–H and O–H groups in total. The molecule has 0 spiro atoms. The molecule has 0 bridgehead atoms. The number of hydrogen-bond donors (Lipinski definition) is 0. The molecule has 0 radical (unpaired) electrons. The third-order valence-corrected chi connectivity index (χ3v) is 6.28. The summed E-state index contributed by atoms with van der Waals surface area (Å²) in [6.45, 7) is 7.73. The van der Waals surface area contributed by atoms with E-state index in [4.69, 9.17) is 4.43 Å². The van der Waals surface area contributed by atoms with E-state index in [1.807, 2.05) is 0 Å². The van der Waals surface area contributed by atoms with Crippen LogP contribution >= 0.6 is 0 Å². The van der Waals surface area contributed by atoms with Gasteiger partial charge in [0.05, 0.1) is 0 Å². The Morgan fingerprint density at radius 2 is 1.80 bits per heavy atom. The zero-order valence-electron chi connectivity index (χ0n) is 10.8. The van der Waals surface area contributed by atoms with Crippen molar-refractivity contribution < 1.29 is 4.43 Å². The van der Waals surface area contributed by atoms with Crippen molar-refractivity contribution in [2.24, 2.45) is 5.92 Å². The van der Waals surface area contributed by atoms with Crippen molar-refractivity contribution >= 4 is 8.32 Å². The maximum Gasteiger partial charge on any atom is 0.186 e. The van der Waals surface area contributed by atoms with Crippen LogP contribution in [0.25, 0.3) is 0 Å². The molecule has 0 saturated heterocycles. The summed E-state index contributed by atoms with van der Waals surface area (Å²) in [6.07, 6.45) is 10.3. The predicted octanol–water partition coefficient (Wildman–Crippen LogP) is 4.59. The molecule has 0 amide bonds. The van der Waals surface area contributed by atoms with Crippen LogP contribution in [0.5, 0.6) is 0 Å². The Bertz CT molecular complexity index is 162. The summed E-state index contributed by atoms with van der Waals surface area (Å²) < 4.78 is 5.84. The van der Waals surface area contributed by atoms with E-state index >= 15 is 0 Å². The standard InChI is InChI=1S/C13H28OSi/c1-4-14-15(2,3)12-8-7-11-13-9-5-6-10-13/h13H,4-12H2,1-3H3. The summed E-state index contributed by atoms with van der Waals surface area (Å²) in [4.78, 5) is 0. The van der Waals surface area contributed by atoms with E-state index < -0.39 is 8.32 Å². The first kappa shape index (κ1) is 13.2. The lowest BCUT2D eigenvalue weighted by molar-refractivity contribution is 0.327. The molecule has 15 heavy (non-hydrogen) atoms. The lowest BCUT2D eigenvalue weighted by Crippen LogP contribution is -2.29. The topological polar surface area (TPSA) is 9.23 Å². The van der Waals surface area contributed by atoms with Gasteiger partial charge in [0.2, 0.25) is 0 Å². The molecular formula is C13H28OSi. The van der Waals surface area contributed by atoms with Crippen molar-refractivity contribution in [2.45, 2.75) is 71.0 Å². The largest absolute Gasteiger partial charge is 0.418 e. The highest BCUT2D eigenvalue weighted by molar-refractivity contribution is 6.71. The lowest BCUT2D eigenvalue weighted by Gasteiger charge is -2.22. The zero-order chi connectivity index (χ0) is 11.1. The Morgan fingerprint density at radius 1 is 1.13 bits per heavy atom. The number of unbranched alkanes of at least 4 members (excludes halogenated alkanes) is 1. The van der Waals surface area contributed by atoms with Crippen molar-refractivity contribution in [2.75, 3.05) is 6.61 Å². The van der Waals surface area contributed by atoms with Crippen LogP contribution in [0.4, 0.5) is 0 Å². The fourth-order valence-corrected chi connectivity index (χ4v) is 4.77. The highest BCUT2D eigenvalue weighted by Gasteiger charge is 2.21. The van der Waals surface area contributed by atoms with Crippen LogP contribution in [0.2, 0.25) is 19.1 Å². The van der Waals surface area contributed by atoms with Gasteiger partial charge in [0, 0.05) is 6.61 Å². The fourth-order valence-electron chi connectivity index (χ4n) is 2.75. The third-order valence-electron chi connectivity index (χ3n) is 3.65. The van der Waals surface area contributed by atoms with Crippen LogP contribution in [-0.2, 0) is 4.43 Å². The Labute approximate surface area is 96.7 Å². The molecule has 90 valence electrons. The van der Waals surface area contributed by atoms with Gasteiger partial charge in [-0.05, 0) is 32.0 Å². The zero-order valence-corrected chi connectivity index (χ0v) is 11.8. The molecule has 1 fully saturated rings. The molecule has 0 aromatic rings. The van der Waals surface area contributed by atoms with E-state index in [2.05, 4.69) is 20.0 Å². The minimum absolute atomic E-state index is 0.905. The van der Waals surface area contributed by atoms with E-state index in [1.165, 1.54) is 51.0 Å². The summed E-state index contributed by atoms with van der Waals surface area (Å²) in [7, 11) is -1.28. The SMILES string of the molecule is CCO[Si](C)(C)CCCCC1CCCC1. The summed E-state index contributed by atoms with van der Waals surface area (Å²) in [6, 6.07) is 1.35. The molecule has 1 saturated carbocycles. The van der Waals surface area contributed by atoms with Gasteiger partial charge in [0.25, 0.3) is 0 Å². The molecule has 0 aromatic carbocycles. The summed E-state index contributed by atoms with van der Waals surface area (Å²) in [5.41, 5.74) is 0. The quantitative estimate of drug-likeness (QED) is 0.457. The second-order valence-corrected chi connectivity index (χ2v) is 9.90. The van der Waals surface area contributed by atoms with E-state index in [0.717, 1.165) is 12.5 Å². The summed E-state index contributed by atoms with van der Waals surface area (Å²) >= 11 is 0. The van der Waals surface area contributed by atoms with Gasteiger partial charge in [0.15, 0.2) is 8.32 Å². The molecule has 1 rings (SSSR count). The third kappa shape index (κ3) is 5.72. The molecule has 0 atom stereocenters. The lowest BCUT2D eigenvalue weighted by atomic mass is 10.0. The van der Waals surface area contributed by atoms with Crippen molar-refractivity contribution in [1.82, 2.24) is 0 Å². The number of rotatable bonds is 7. The molecule has 1 nitrogen and oxygen atoms in total. The van der Waals surface area contributed by atoms with Crippen LogP contribution in [0.3, 0.4) is 0 Å². The maximum atomic E-state index is 5.84. The monoisotopic (exact) mass is 228 g/mol. The molecule has 1 aliphatic rings. The second-order valence-electron chi connectivity index (χ2n) is 5.59. The Hall–Kier alpha value is 0.177. The highest BCUT2D eigenvalue weighted by atomic mass is 28.4. The van der Waals surface area contributed by atoms with Gasteiger partial charge in [0.1, 0.15) is 0 Å². The van der Waals surface area contributed by atoms with Crippen LogP contribution in [0.15, 0.2) is 0 Å². The fraction of sp³-hybridized carbons (Fsp3) is 1.00. The van der Waals surface area contributed by atoms with Gasteiger partial charge in [-0.25, -0.2) is 0 Å². The molecule has 2 heteroatoms. The first-order chi connectivity index (χ1) is 7.14. The van der Waals surface area contributed by atoms with E-state index in [9.17, 15) is 0 Å². The van der Waals surface area contributed by atoms with Crippen molar-refractivity contribution in [3.05, 3.63) is 0 Å². The van der Waals surface area contributed by atoms with E-state index in [0.29, 0.717) is 0 Å². The molecule has 0 aromatic heterocycles. The van der Waals surface area contributed by atoms with Gasteiger partial charge in [-0.3, -0.25) is 0 Å². The Kier molecular flexibility index (Phi) is 5.91. The summed E-state index contributed by atoms with van der Waals surface area (Å²) in [5, 5.41) is 0. The van der Waals surface area contributed by atoms with Crippen LogP contribution in [-0.4, -0.2) is 14.9 Å². The van der Waals surface area contributed by atoms with Gasteiger partial charge >= 0.3 is 0 Å². The molecule has 0 heterocycles. The average molecular weight is 228 g/mol. The first-order valence-electron chi connectivity index (χ1n) is 6.78. The minimum atomic E-state index is -1.28. The Balaban J connectivity index is 2.00.